The summed E-state index contributed by atoms with van der Waals surface area (Å²) in [5, 5.41) is 23.4. The number of aromatic nitrogens is 6. The van der Waals surface area contributed by atoms with E-state index in [1.807, 2.05) is 23.2 Å². The number of likely N-dealkylation sites (tertiary alicyclic amines) is 1. The molecule has 2 saturated heterocycles. The summed E-state index contributed by atoms with van der Waals surface area (Å²) in [6.45, 7) is 1.49. The number of nitrogens with one attached hydrogen (secondary N) is 2. The number of H-pyrrole nitrogens is 1. The number of tetrazole rings is 1. The monoisotopic (exact) mass is 719 g/mol. The smallest absolute Gasteiger partial charge is 0.409 e. The number of carbonyl (C=O) groups excluding carboxylic acids is 1. The van der Waals surface area contributed by atoms with Gasteiger partial charge in [-0.25, -0.2) is 22.5 Å². The quantitative estimate of drug-likeness (QED) is 0.199. The molecule has 2 aromatic carbocycles. The summed E-state index contributed by atoms with van der Waals surface area (Å²) in [5.41, 5.74) is 3.31. The zero-order valence-corrected chi connectivity index (χ0v) is 29.0. The van der Waals surface area contributed by atoms with Gasteiger partial charge < -0.3 is 15.0 Å². The van der Waals surface area contributed by atoms with Crippen LogP contribution < -0.4 is 5.32 Å². The second-order valence-electron chi connectivity index (χ2n) is 13.4. The Bertz CT molecular complexity index is 1990. The van der Waals surface area contributed by atoms with Crippen molar-refractivity contribution < 1.29 is 23.1 Å². The van der Waals surface area contributed by atoms with Crippen molar-refractivity contribution in [1.29, 1.82) is 0 Å². The fraction of sp³-hybridized carbons (Fsp3) is 0.412. The Hall–Kier alpha value is -4.60. The molecule has 1 aliphatic carbocycles. The Morgan fingerprint density at radius 2 is 1.80 bits per heavy atom. The van der Waals surface area contributed by atoms with E-state index in [1.54, 1.807) is 46.8 Å². The van der Waals surface area contributed by atoms with Crippen LogP contribution in [0, 0.1) is 23.7 Å². The summed E-state index contributed by atoms with van der Waals surface area (Å²) >= 11 is 6.36. The molecule has 0 spiro atoms. The number of nitrogens with zero attached hydrogens (tertiary/aromatic N) is 7. The molecule has 3 unspecified atom stereocenters. The molecule has 0 radical (unpaired) electrons. The summed E-state index contributed by atoms with van der Waals surface area (Å²) in [6, 6.07) is 12.0. The molecule has 3 atom stereocenters. The van der Waals surface area contributed by atoms with E-state index in [-0.39, 0.29) is 23.8 Å². The Labute approximate surface area is 294 Å². The second kappa shape index (κ2) is 14.0. The largest absolute Gasteiger partial charge is 0.465 e. The first-order valence-corrected chi connectivity index (χ1v) is 18.9. The molecule has 16 heteroatoms. The number of halogens is 1. The van der Waals surface area contributed by atoms with Gasteiger partial charge in [0.1, 0.15) is 12.2 Å². The Balaban J connectivity index is 1.20. The molecule has 4 heterocycles. The van der Waals surface area contributed by atoms with Gasteiger partial charge in [0.15, 0.2) is 0 Å². The molecule has 14 nitrogen and oxygen atoms in total. The number of benzene rings is 2. The van der Waals surface area contributed by atoms with Crippen molar-refractivity contribution in [3.8, 4) is 16.9 Å². The molecule has 4 aromatic rings. The van der Waals surface area contributed by atoms with E-state index in [9.17, 15) is 18.0 Å². The number of hydrogen-bond donors (Lipinski definition) is 3. The highest BCUT2D eigenvalue weighted by Gasteiger charge is 2.48. The molecule has 1 saturated carbocycles. The van der Waals surface area contributed by atoms with Gasteiger partial charge >= 0.3 is 6.09 Å². The van der Waals surface area contributed by atoms with Crippen LogP contribution in [0.1, 0.15) is 49.5 Å². The normalized spacial score (nSPS) is 22.2. The summed E-state index contributed by atoms with van der Waals surface area (Å²) in [4.78, 5) is 35.8. The van der Waals surface area contributed by atoms with Crippen molar-refractivity contribution in [2.45, 2.75) is 38.1 Å². The van der Waals surface area contributed by atoms with Gasteiger partial charge in [-0.15, -0.1) is 5.10 Å². The molecule has 0 bridgehead atoms. The van der Waals surface area contributed by atoms with Crippen LogP contribution in [-0.2, 0) is 14.8 Å². The minimum Gasteiger partial charge on any atom is -0.465 e. The van der Waals surface area contributed by atoms with Gasteiger partial charge in [0.25, 0.3) is 0 Å². The minimum absolute atomic E-state index is 0.163. The van der Waals surface area contributed by atoms with Crippen LogP contribution >= 0.6 is 11.6 Å². The lowest BCUT2D eigenvalue weighted by molar-refractivity contribution is -0.134. The van der Waals surface area contributed by atoms with E-state index in [0.29, 0.717) is 64.9 Å². The first-order valence-electron chi connectivity index (χ1n) is 16.7. The topological polar surface area (TPSA) is 179 Å². The average Bonchev–Trinajstić information content (AvgIpc) is 3.57. The van der Waals surface area contributed by atoms with E-state index in [4.69, 9.17) is 21.7 Å². The number of amides is 2. The highest BCUT2D eigenvalue weighted by Crippen LogP contribution is 2.52. The zero-order valence-electron chi connectivity index (χ0n) is 27.4. The van der Waals surface area contributed by atoms with Crippen LogP contribution in [0.3, 0.4) is 0 Å². The van der Waals surface area contributed by atoms with Crippen LogP contribution in [0.15, 0.2) is 61.1 Å². The number of anilines is 1. The molecule has 3 N–H and O–H groups in total. The maximum absolute atomic E-state index is 14.4. The third-order valence-corrected chi connectivity index (χ3v) is 11.7. The van der Waals surface area contributed by atoms with Gasteiger partial charge in [-0.1, -0.05) is 23.7 Å². The van der Waals surface area contributed by atoms with Crippen LogP contribution in [0.4, 0.5) is 10.5 Å². The van der Waals surface area contributed by atoms with Gasteiger partial charge in [0, 0.05) is 53.7 Å². The third-order valence-electron chi connectivity index (χ3n) is 10.2. The summed E-state index contributed by atoms with van der Waals surface area (Å²) in [5.74, 6) is 1.66. The minimum atomic E-state index is -3.25. The number of piperidine rings is 2. The van der Waals surface area contributed by atoms with Gasteiger partial charge in [0.2, 0.25) is 15.9 Å². The molecule has 3 aliphatic rings. The van der Waals surface area contributed by atoms with Gasteiger partial charge in [-0.2, -0.15) is 4.68 Å². The molecule has 2 aromatic heterocycles. The summed E-state index contributed by atoms with van der Waals surface area (Å²) in [7, 11) is -3.25. The fourth-order valence-corrected chi connectivity index (χ4v) is 8.66. The maximum Gasteiger partial charge on any atom is 0.409 e. The number of carbonyl (C=O) groups is 2. The zero-order chi connectivity index (χ0) is 35.0. The lowest BCUT2D eigenvalue weighted by atomic mass is 9.72. The van der Waals surface area contributed by atoms with E-state index >= 15 is 0 Å². The number of carboxylic acid groups (broad SMARTS) is 1. The third kappa shape index (κ3) is 7.44. The fourth-order valence-electron chi connectivity index (χ4n) is 7.60. The van der Waals surface area contributed by atoms with E-state index in [0.717, 1.165) is 37.7 Å². The highest BCUT2D eigenvalue weighted by atomic mass is 35.5. The molecule has 2 aliphatic heterocycles. The summed E-state index contributed by atoms with van der Waals surface area (Å²) in [6.07, 6.45) is 11.4. The predicted molar refractivity (Wildman–Crippen MR) is 187 cm³/mol. The Morgan fingerprint density at radius 1 is 1.04 bits per heavy atom. The van der Waals surface area contributed by atoms with Crippen molar-refractivity contribution in [1.82, 2.24) is 39.4 Å². The van der Waals surface area contributed by atoms with Crippen LogP contribution in [0.2, 0.25) is 5.02 Å². The van der Waals surface area contributed by atoms with Crippen molar-refractivity contribution in [2.75, 3.05) is 31.2 Å². The predicted octanol–water partition coefficient (Wildman–Crippen LogP) is 5.10. The molecule has 50 heavy (non-hydrogen) atoms. The number of sulfonamides is 1. The van der Waals surface area contributed by atoms with Gasteiger partial charge in [-0.3, -0.25) is 10.1 Å². The number of imidazole rings is 1. The van der Waals surface area contributed by atoms with Crippen molar-refractivity contribution >= 4 is 45.4 Å². The van der Waals surface area contributed by atoms with E-state index in [1.165, 1.54) is 17.3 Å². The van der Waals surface area contributed by atoms with E-state index < -0.39 is 16.1 Å². The summed E-state index contributed by atoms with van der Waals surface area (Å²) < 4.78 is 27.6. The molecule has 7 rings (SSSR count). The first-order chi connectivity index (χ1) is 24.0. The van der Waals surface area contributed by atoms with Crippen LogP contribution in [-0.4, -0.2) is 90.8 Å². The molecule has 3 fully saturated rings. The van der Waals surface area contributed by atoms with Gasteiger partial charge in [-0.05, 0) is 103 Å². The lowest BCUT2D eigenvalue weighted by Crippen LogP contribution is -2.50. The van der Waals surface area contributed by atoms with E-state index in [2.05, 4.69) is 25.8 Å². The maximum atomic E-state index is 14.4. The van der Waals surface area contributed by atoms with Gasteiger partial charge in [0.05, 0.1) is 23.7 Å². The number of aromatic amines is 1. The molecule has 2 amide bonds. The molecule has 262 valence electrons. The van der Waals surface area contributed by atoms with Crippen LogP contribution in [0.5, 0.6) is 0 Å². The first kappa shape index (κ1) is 33.9. The van der Waals surface area contributed by atoms with Crippen molar-refractivity contribution in [3.63, 3.8) is 0 Å². The standard InChI is InChI=1S/C34H38ClN9O5S/c1-50(48,49)42-14-12-21(13-15-42)25-17-28(22-2-3-22)32(33-36-18-29(39-33)23-4-8-27(9-5-23)38-34(46)47)43(19-25)31(45)11-6-24-16-26(35)7-10-30(24)44-20-37-40-41-44/h4-11,16,18,20-22,25,28,32,38H,2-3,12-15,17,19H2,1H3,(H,36,39)(H,46,47). The van der Waals surface area contributed by atoms with Crippen molar-refractivity contribution in [3.05, 3.63) is 77.5 Å². The Kier molecular flexibility index (Phi) is 9.46. The van der Waals surface area contributed by atoms with Crippen molar-refractivity contribution in [2.24, 2.45) is 23.7 Å². The molecular formula is C34H38ClN9O5S. The van der Waals surface area contributed by atoms with Crippen LogP contribution in [0.25, 0.3) is 23.0 Å². The lowest BCUT2D eigenvalue weighted by Gasteiger charge is -2.47. The number of hydrogen-bond acceptors (Lipinski definition) is 8. The Morgan fingerprint density at radius 3 is 2.46 bits per heavy atom. The SMILES string of the molecule is CS(=O)(=O)N1CCC(C2CC(C3CC3)C(c3nc(-c4ccc(NC(=O)O)cc4)c[nH]3)N(C(=O)C=Cc3cc(Cl)ccc3-n3cnnn3)C2)CC1. The highest BCUT2D eigenvalue weighted by molar-refractivity contribution is 7.88. The molecular weight excluding hydrogens is 682 g/mol. The second-order valence-corrected chi connectivity index (χ2v) is 15.8. The average molecular weight is 720 g/mol. The number of rotatable bonds is 9.